The molecule has 3 heteroatoms. The molecule has 3 nitrogen and oxygen atoms in total. The summed E-state index contributed by atoms with van der Waals surface area (Å²) in [7, 11) is 0. The lowest BCUT2D eigenvalue weighted by molar-refractivity contribution is 0.473. The van der Waals surface area contributed by atoms with Crippen molar-refractivity contribution < 1.29 is 9.47 Å². The molecule has 0 heterocycles. The van der Waals surface area contributed by atoms with Crippen LogP contribution in [0.25, 0.3) is 0 Å². The molecule has 0 N–H and O–H groups in total. The third kappa shape index (κ3) is 5.32. The lowest BCUT2D eigenvalue weighted by atomic mass is 10.1. The highest BCUT2D eigenvalue weighted by molar-refractivity contribution is 5.96. The average Bonchev–Trinajstić information content (AvgIpc) is 2.70. The van der Waals surface area contributed by atoms with E-state index in [-0.39, 0.29) is 0 Å². The van der Waals surface area contributed by atoms with E-state index in [2.05, 4.69) is 18.8 Å². The van der Waals surface area contributed by atoms with E-state index in [4.69, 9.17) is 9.47 Å². The van der Waals surface area contributed by atoms with Gasteiger partial charge in [0.2, 0.25) is 5.90 Å². The second-order valence-corrected chi connectivity index (χ2v) is 6.33. The van der Waals surface area contributed by atoms with E-state index >= 15 is 0 Å². The molecule has 0 bridgehead atoms. The Kier molecular flexibility index (Phi) is 6.06. The van der Waals surface area contributed by atoms with Crippen molar-refractivity contribution >= 4 is 11.6 Å². The van der Waals surface area contributed by atoms with E-state index in [1.807, 2.05) is 85.8 Å². The van der Waals surface area contributed by atoms with Crippen LogP contribution in [0, 0.1) is 13.8 Å². The zero-order valence-corrected chi connectivity index (χ0v) is 15.8. The van der Waals surface area contributed by atoms with Crippen LogP contribution in [0.1, 0.15) is 18.1 Å². The van der Waals surface area contributed by atoms with Gasteiger partial charge in [0.15, 0.2) is 0 Å². The quantitative estimate of drug-likeness (QED) is 0.301. The van der Waals surface area contributed by atoms with Crippen molar-refractivity contribution in [2.45, 2.75) is 20.8 Å². The van der Waals surface area contributed by atoms with Crippen LogP contribution in [0.5, 0.6) is 11.5 Å². The van der Waals surface area contributed by atoms with Gasteiger partial charge in [0.1, 0.15) is 11.5 Å². The summed E-state index contributed by atoms with van der Waals surface area (Å²) in [5, 5.41) is 0. The van der Waals surface area contributed by atoms with Gasteiger partial charge in [0.25, 0.3) is 0 Å². The number of hydrogen-bond donors (Lipinski definition) is 0. The second kappa shape index (κ2) is 8.86. The Morgan fingerprint density at radius 2 is 1.44 bits per heavy atom. The maximum atomic E-state index is 6.01. The molecule has 0 amide bonds. The smallest absolute Gasteiger partial charge is 0.225 e. The Hall–Kier alpha value is -3.33. The van der Waals surface area contributed by atoms with Crippen LogP contribution in [-0.4, -0.2) is 5.90 Å². The first-order valence-corrected chi connectivity index (χ1v) is 8.89. The van der Waals surface area contributed by atoms with Crippen LogP contribution in [-0.2, 0) is 0 Å². The van der Waals surface area contributed by atoms with Gasteiger partial charge in [-0.15, -0.1) is 0 Å². The summed E-state index contributed by atoms with van der Waals surface area (Å²) in [6.07, 6.45) is 1.68. The summed E-state index contributed by atoms with van der Waals surface area (Å²) in [6.45, 7) is 6.07. The zero-order chi connectivity index (χ0) is 19.1. The van der Waals surface area contributed by atoms with Gasteiger partial charge in [-0.05, 0) is 68.3 Å². The van der Waals surface area contributed by atoms with Gasteiger partial charge in [-0.1, -0.05) is 42.5 Å². The lowest BCUT2D eigenvalue weighted by Gasteiger charge is -2.10. The van der Waals surface area contributed by atoms with Crippen molar-refractivity contribution in [1.82, 2.24) is 0 Å². The monoisotopic (exact) mass is 357 g/mol. The summed E-state index contributed by atoms with van der Waals surface area (Å²) in [5.74, 6) is 2.01. The number of hydrogen-bond acceptors (Lipinski definition) is 3. The van der Waals surface area contributed by atoms with Crippen LogP contribution < -0.4 is 9.47 Å². The summed E-state index contributed by atoms with van der Waals surface area (Å²) < 4.78 is 11.9. The van der Waals surface area contributed by atoms with E-state index in [1.165, 1.54) is 11.1 Å². The van der Waals surface area contributed by atoms with Crippen molar-refractivity contribution in [3.05, 3.63) is 102 Å². The SMILES string of the molecule is CC(=COc1ccc(C)c(C)c1)C(=Nc1ccccc1)Oc1ccccc1. The van der Waals surface area contributed by atoms with Crippen LogP contribution in [0.2, 0.25) is 0 Å². The third-order valence-corrected chi connectivity index (χ3v) is 4.13. The normalized spacial score (nSPS) is 12.0. The first-order valence-electron chi connectivity index (χ1n) is 8.89. The van der Waals surface area contributed by atoms with Crippen LogP contribution in [0.4, 0.5) is 5.69 Å². The topological polar surface area (TPSA) is 30.8 Å². The van der Waals surface area contributed by atoms with E-state index in [9.17, 15) is 0 Å². The summed E-state index contributed by atoms with van der Waals surface area (Å²) in [6, 6.07) is 25.4. The molecule has 0 spiro atoms. The predicted octanol–water partition coefficient (Wildman–Crippen LogP) is 6.40. The molecule has 3 aromatic rings. The molecule has 3 rings (SSSR count). The molecule has 136 valence electrons. The Morgan fingerprint density at radius 1 is 0.778 bits per heavy atom. The number of para-hydroxylation sites is 2. The number of nitrogens with zero attached hydrogens (tertiary/aromatic N) is 1. The fourth-order valence-electron chi connectivity index (χ4n) is 2.41. The summed E-state index contributed by atoms with van der Waals surface area (Å²) in [5.41, 5.74) is 4.04. The number of benzene rings is 3. The largest absolute Gasteiger partial charge is 0.465 e. The highest BCUT2D eigenvalue weighted by Gasteiger charge is 2.08. The standard InChI is InChI=1S/C24H23NO2/c1-18-14-15-23(16-19(18)2)26-17-20(3)24(25-21-10-6-4-7-11-21)27-22-12-8-5-9-13-22/h4-17H,1-3H3. The van der Waals surface area contributed by atoms with Crippen molar-refractivity contribution in [2.24, 2.45) is 4.99 Å². The molecule has 0 unspecified atom stereocenters. The van der Waals surface area contributed by atoms with Crippen LogP contribution in [0.15, 0.2) is 95.7 Å². The molecular formula is C24H23NO2. The molecule has 0 aromatic heterocycles. The van der Waals surface area contributed by atoms with Crippen molar-refractivity contribution in [1.29, 1.82) is 0 Å². The van der Waals surface area contributed by atoms with E-state index in [0.717, 1.165) is 22.8 Å². The molecule has 0 saturated heterocycles. The molecule has 3 aromatic carbocycles. The number of aryl methyl sites for hydroxylation is 2. The van der Waals surface area contributed by atoms with Gasteiger partial charge in [-0.2, -0.15) is 0 Å². The number of aliphatic imine (C=N–C) groups is 1. The maximum absolute atomic E-state index is 6.01. The molecular weight excluding hydrogens is 334 g/mol. The predicted molar refractivity (Wildman–Crippen MR) is 111 cm³/mol. The molecule has 0 fully saturated rings. The Morgan fingerprint density at radius 3 is 2.11 bits per heavy atom. The van der Waals surface area contributed by atoms with Gasteiger partial charge in [0, 0.05) is 5.57 Å². The van der Waals surface area contributed by atoms with Gasteiger partial charge in [-0.3, -0.25) is 0 Å². The van der Waals surface area contributed by atoms with Crippen LogP contribution in [0.3, 0.4) is 0 Å². The zero-order valence-electron chi connectivity index (χ0n) is 15.8. The van der Waals surface area contributed by atoms with E-state index in [0.29, 0.717) is 5.90 Å². The number of ether oxygens (including phenoxy) is 2. The van der Waals surface area contributed by atoms with Crippen LogP contribution >= 0.6 is 0 Å². The molecule has 0 atom stereocenters. The van der Waals surface area contributed by atoms with Gasteiger partial charge < -0.3 is 9.47 Å². The minimum absolute atomic E-state index is 0.497. The fourth-order valence-corrected chi connectivity index (χ4v) is 2.41. The highest BCUT2D eigenvalue weighted by Crippen LogP contribution is 2.19. The van der Waals surface area contributed by atoms with Crippen molar-refractivity contribution in [3.63, 3.8) is 0 Å². The first kappa shape index (κ1) is 18.5. The molecule has 0 aliphatic rings. The highest BCUT2D eigenvalue weighted by atomic mass is 16.5. The molecule has 0 aliphatic carbocycles. The van der Waals surface area contributed by atoms with Gasteiger partial charge >= 0.3 is 0 Å². The Balaban J connectivity index is 1.86. The van der Waals surface area contributed by atoms with Crippen molar-refractivity contribution in [2.75, 3.05) is 0 Å². The molecule has 0 radical (unpaired) electrons. The maximum Gasteiger partial charge on any atom is 0.225 e. The van der Waals surface area contributed by atoms with E-state index < -0.39 is 0 Å². The first-order chi connectivity index (χ1) is 13.1. The van der Waals surface area contributed by atoms with E-state index in [1.54, 1.807) is 6.26 Å². The fraction of sp³-hybridized carbons (Fsp3) is 0.125. The lowest BCUT2D eigenvalue weighted by Crippen LogP contribution is -2.10. The minimum Gasteiger partial charge on any atom is -0.465 e. The minimum atomic E-state index is 0.497. The Bertz CT molecular complexity index is 945. The Labute approximate surface area is 160 Å². The molecule has 0 aliphatic heterocycles. The second-order valence-electron chi connectivity index (χ2n) is 6.33. The molecule has 0 saturated carbocycles. The van der Waals surface area contributed by atoms with Crippen molar-refractivity contribution in [3.8, 4) is 11.5 Å². The number of rotatable bonds is 5. The summed E-state index contributed by atoms with van der Waals surface area (Å²) >= 11 is 0. The van der Waals surface area contributed by atoms with Gasteiger partial charge in [-0.25, -0.2) is 4.99 Å². The third-order valence-electron chi connectivity index (χ3n) is 4.13. The summed E-state index contributed by atoms with van der Waals surface area (Å²) in [4.78, 5) is 4.64. The average molecular weight is 357 g/mol. The molecule has 27 heavy (non-hydrogen) atoms. The van der Waals surface area contributed by atoms with Gasteiger partial charge in [0.05, 0.1) is 11.9 Å².